The lowest BCUT2D eigenvalue weighted by Crippen LogP contribution is -2.45. The number of aliphatic hydroxyl groups excluding tert-OH is 1. The summed E-state index contributed by atoms with van der Waals surface area (Å²) in [5, 5.41) is 10.8. The molecular formula is C14H21ClN2O3S. The number of aliphatic hydroxyl groups is 1. The van der Waals surface area contributed by atoms with E-state index in [1.807, 2.05) is 18.2 Å². The predicted molar refractivity (Wildman–Crippen MR) is 83.9 cm³/mol. The monoisotopic (exact) mass is 332 g/mol. The van der Waals surface area contributed by atoms with Crippen molar-refractivity contribution in [2.45, 2.75) is 25.0 Å². The molecule has 1 saturated heterocycles. The van der Waals surface area contributed by atoms with E-state index < -0.39 is 16.1 Å². The Labute approximate surface area is 131 Å². The second kappa shape index (κ2) is 7.07. The SMILES string of the molecule is CS(=O)(=O)NC1CCN(CC(O)c2ccccc2Cl)CC1. The first-order valence-corrected chi connectivity index (χ1v) is 9.24. The standard InChI is InChI=1S/C14H21ClN2O3S/c1-21(19,20)16-11-6-8-17(9-7-11)10-14(18)12-4-2-3-5-13(12)15/h2-5,11,14,16,18H,6-10H2,1H3. The van der Waals surface area contributed by atoms with Gasteiger partial charge in [-0.25, -0.2) is 13.1 Å². The number of likely N-dealkylation sites (tertiary alicyclic amines) is 1. The molecule has 1 aromatic carbocycles. The van der Waals surface area contributed by atoms with Gasteiger partial charge in [0, 0.05) is 23.2 Å². The van der Waals surface area contributed by atoms with Gasteiger partial charge in [-0.2, -0.15) is 0 Å². The van der Waals surface area contributed by atoms with Crippen LogP contribution in [-0.2, 0) is 10.0 Å². The van der Waals surface area contributed by atoms with Crippen LogP contribution < -0.4 is 4.72 Å². The first-order chi connectivity index (χ1) is 9.85. The lowest BCUT2D eigenvalue weighted by molar-refractivity contribution is 0.0964. The Morgan fingerprint density at radius 3 is 2.57 bits per heavy atom. The largest absolute Gasteiger partial charge is 0.387 e. The first-order valence-electron chi connectivity index (χ1n) is 6.97. The molecule has 2 N–H and O–H groups in total. The molecule has 0 amide bonds. The van der Waals surface area contributed by atoms with Crippen molar-refractivity contribution in [1.82, 2.24) is 9.62 Å². The van der Waals surface area contributed by atoms with Gasteiger partial charge >= 0.3 is 0 Å². The number of sulfonamides is 1. The van der Waals surface area contributed by atoms with E-state index in [9.17, 15) is 13.5 Å². The first kappa shape index (κ1) is 16.7. The minimum atomic E-state index is -3.15. The second-order valence-corrected chi connectivity index (χ2v) is 7.69. The molecule has 1 atom stereocenters. The van der Waals surface area contributed by atoms with Crippen molar-refractivity contribution in [3.05, 3.63) is 34.9 Å². The molecule has 118 valence electrons. The van der Waals surface area contributed by atoms with Crippen LogP contribution in [0.2, 0.25) is 5.02 Å². The quantitative estimate of drug-likeness (QED) is 0.855. The maximum absolute atomic E-state index is 11.2. The van der Waals surface area contributed by atoms with Crippen LogP contribution in [0.25, 0.3) is 0 Å². The number of β-amino-alcohol motifs (C(OH)–C–C–N with tert-alkyl or cyclic N) is 1. The average molecular weight is 333 g/mol. The number of rotatable bonds is 5. The molecule has 1 fully saturated rings. The molecule has 7 heteroatoms. The van der Waals surface area contributed by atoms with E-state index in [0.29, 0.717) is 11.6 Å². The third-order valence-corrected chi connectivity index (χ3v) is 4.77. The predicted octanol–water partition coefficient (Wildman–Crippen LogP) is 1.39. The van der Waals surface area contributed by atoms with Crippen LogP contribution in [0.1, 0.15) is 24.5 Å². The van der Waals surface area contributed by atoms with E-state index in [0.717, 1.165) is 31.5 Å². The highest BCUT2D eigenvalue weighted by Crippen LogP contribution is 2.24. The summed E-state index contributed by atoms with van der Waals surface area (Å²) in [5.41, 5.74) is 0.732. The summed E-state index contributed by atoms with van der Waals surface area (Å²) in [6.45, 7) is 2.03. The van der Waals surface area contributed by atoms with E-state index in [2.05, 4.69) is 9.62 Å². The topological polar surface area (TPSA) is 69.6 Å². The number of hydrogen-bond acceptors (Lipinski definition) is 4. The molecular weight excluding hydrogens is 312 g/mol. The van der Waals surface area contributed by atoms with Crippen LogP contribution in [0.15, 0.2) is 24.3 Å². The van der Waals surface area contributed by atoms with Crippen LogP contribution in [0, 0.1) is 0 Å². The Balaban J connectivity index is 1.85. The van der Waals surface area contributed by atoms with Gasteiger partial charge in [0.05, 0.1) is 12.4 Å². The van der Waals surface area contributed by atoms with Gasteiger partial charge in [-0.1, -0.05) is 29.8 Å². The van der Waals surface area contributed by atoms with Crippen molar-refractivity contribution in [1.29, 1.82) is 0 Å². The molecule has 1 aliphatic heterocycles. The van der Waals surface area contributed by atoms with E-state index in [4.69, 9.17) is 11.6 Å². The zero-order valence-electron chi connectivity index (χ0n) is 12.0. The molecule has 5 nitrogen and oxygen atoms in total. The molecule has 1 aromatic rings. The van der Waals surface area contributed by atoms with Gasteiger partial charge in [0.2, 0.25) is 10.0 Å². The summed E-state index contributed by atoms with van der Waals surface area (Å²) in [4.78, 5) is 2.13. The highest BCUT2D eigenvalue weighted by Gasteiger charge is 2.23. The molecule has 0 bridgehead atoms. The Bertz CT molecular complexity index is 571. The van der Waals surface area contributed by atoms with E-state index in [-0.39, 0.29) is 6.04 Å². The Morgan fingerprint density at radius 2 is 2.00 bits per heavy atom. The molecule has 1 heterocycles. The number of benzene rings is 1. The van der Waals surface area contributed by atoms with Crippen molar-refractivity contribution in [3.8, 4) is 0 Å². The molecule has 21 heavy (non-hydrogen) atoms. The zero-order valence-corrected chi connectivity index (χ0v) is 13.6. The van der Waals surface area contributed by atoms with Gasteiger partial charge in [-0.3, -0.25) is 0 Å². The summed E-state index contributed by atoms with van der Waals surface area (Å²) in [6.07, 6.45) is 2.06. The van der Waals surface area contributed by atoms with Gasteiger partial charge in [-0.15, -0.1) is 0 Å². The molecule has 0 aliphatic carbocycles. The highest BCUT2D eigenvalue weighted by atomic mass is 35.5. The third-order valence-electron chi connectivity index (χ3n) is 3.66. The zero-order chi connectivity index (χ0) is 15.5. The molecule has 0 aromatic heterocycles. The molecule has 2 rings (SSSR count). The fourth-order valence-electron chi connectivity index (χ4n) is 2.62. The average Bonchev–Trinajstić information content (AvgIpc) is 2.40. The normalized spacial score (nSPS) is 19.6. The molecule has 0 spiro atoms. The van der Waals surface area contributed by atoms with Gasteiger partial charge in [0.1, 0.15) is 0 Å². The van der Waals surface area contributed by atoms with Crippen molar-refractivity contribution in [2.75, 3.05) is 25.9 Å². The van der Waals surface area contributed by atoms with Crippen molar-refractivity contribution >= 4 is 21.6 Å². The molecule has 1 unspecified atom stereocenters. The van der Waals surface area contributed by atoms with Crippen LogP contribution in [0.5, 0.6) is 0 Å². The van der Waals surface area contributed by atoms with Crippen LogP contribution >= 0.6 is 11.6 Å². The van der Waals surface area contributed by atoms with Crippen LogP contribution in [0.3, 0.4) is 0 Å². The van der Waals surface area contributed by atoms with Crippen molar-refractivity contribution in [2.24, 2.45) is 0 Å². The number of nitrogens with one attached hydrogen (secondary N) is 1. The molecule has 0 radical (unpaired) electrons. The van der Waals surface area contributed by atoms with Crippen LogP contribution in [0.4, 0.5) is 0 Å². The summed E-state index contributed by atoms with van der Waals surface area (Å²) in [7, 11) is -3.15. The smallest absolute Gasteiger partial charge is 0.208 e. The lowest BCUT2D eigenvalue weighted by Gasteiger charge is -2.33. The van der Waals surface area contributed by atoms with E-state index in [1.54, 1.807) is 6.07 Å². The fraction of sp³-hybridized carbons (Fsp3) is 0.571. The number of nitrogens with zero attached hydrogens (tertiary/aromatic N) is 1. The highest BCUT2D eigenvalue weighted by molar-refractivity contribution is 7.88. The summed E-state index contributed by atoms with van der Waals surface area (Å²) in [5.74, 6) is 0. The number of piperidine rings is 1. The summed E-state index contributed by atoms with van der Waals surface area (Å²) < 4.78 is 25.0. The van der Waals surface area contributed by atoms with E-state index in [1.165, 1.54) is 6.26 Å². The molecule has 1 aliphatic rings. The summed E-state index contributed by atoms with van der Waals surface area (Å²) >= 11 is 6.08. The number of hydrogen-bond donors (Lipinski definition) is 2. The van der Waals surface area contributed by atoms with Gasteiger partial charge < -0.3 is 10.0 Å². The lowest BCUT2D eigenvalue weighted by atomic mass is 10.0. The van der Waals surface area contributed by atoms with Gasteiger partial charge in [-0.05, 0) is 32.0 Å². The Kier molecular flexibility index (Phi) is 5.62. The third kappa shape index (κ3) is 5.23. The summed E-state index contributed by atoms with van der Waals surface area (Å²) in [6, 6.07) is 7.27. The number of halogens is 1. The minimum Gasteiger partial charge on any atom is -0.387 e. The molecule has 0 saturated carbocycles. The van der Waals surface area contributed by atoms with E-state index >= 15 is 0 Å². The Morgan fingerprint density at radius 1 is 1.38 bits per heavy atom. The fourth-order valence-corrected chi connectivity index (χ4v) is 3.73. The second-order valence-electron chi connectivity index (χ2n) is 5.50. The maximum atomic E-state index is 11.2. The van der Waals surface area contributed by atoms with Crippen molar-refractivity contribution < 1.29 is 13.5 Å². The van der Waals surface area contributed by atoms with Gasteiger partial charge in [0.15, 0.2) is 0 Å². The Hall–Kier alpha value is -0.660. The maximum Gasteiger partial charge on any atom is 0.208 e. The van der Waals surface area contributed by atoms with Crippen molar-refractivity contribution in [3.63, 3.8) is 0 Å². The van der Waals surface area contributed by atoms with Gasteiger partial charge in [0.25, 0.3) is 0 Å². The van der Waals surface area contributed by atoms with Crippen LogP contribution in [-0.4, -0.2) is 50.4 Å². The minimum absolute atomic E-state index is 0.00583.